The van der Waals surface area contributed by atoms with E-state index in [0.29, 0.717) is 22.0 Å². The Hall–Kier alpha value is -1.65. The Balaban J connectivity index is 2.10. The van der Waals surface area contributed by atoms with E-state index in [4.69, 9.17) is 16.3 Å². The lowest BCUT2D eigenvalue weighted by Gasteiger charge is -2.09. The third-order valence-electron chi connectivity index (χ3n) is 2.95. The van der Waals surface area contributed by atoms with Crippen LogP contribution < -0.4 is 10.1 Å². The SMILES string of the molecule is COc1ccc(NC(=O)c2ccc(CSC)cc2)c(Cl)c1. The van der Waals surface area contributed by atoms with Crippen LogP contribution in [0.5, 0.6) is 5.75 Å². The summed E-state index contributed by atoms with van der Waals surface area (Å²) in [5.74, 6) is 1.41. The molecule has 0 fully saturated rings. The summed E-state index contributed by atoms with van der Waals surface area (Å²) >= 11 is 7.86. The Bertz CT molecular complexity index is 629. The van der Waals surface area contributed by atoms with Gasteiger partial charge in [0.1, 0.15) is 5.75 Å². The van der Waals surface area contributed by atoms with Gasteiger partial charge in [-0.25, -0.2) is 0 Å². The summed E-state index contributed by atoms with van der Waals surface area (Å²) in [6.45, 7) is 0. The number of nitrogens with one attached hydrogen (secondary N) is 1. The van der Waals surface area contributed by atoms with Crippen LogP contribution in [0.1, 0.15) is 15.9 Å². The van der Waals surface area contributed by atoms with Crippen molar-refractivity contribution in [3.05, 3.63) is 58.6 Å². The van der Waals surface area contributed by atoms with Gasteiger partial charge >= 0.3 is 0 Å². The first-order valence-corrected chi connectivity index (χ1v) is 8.14. The van der Waals surface area contributed by atoms with E-state index in [0.717, 1.165) is 5.75 Å². The second kappa shape index (κ2) is 7.38. The summed E-state index contributed by atoms with van der Waals surface area (Å²) < 4.78 is 5.08. The molecule has 1 N–H and O–H groups in total. The molecule has 0 spiro atoms. The fraction of sp³-hybridized carbons (Fsp3) is 0.188. The first-order valence-electron chi connectivity index (χ1n) is 6.37. The minimum absolute atomic E-state index is 0.183. The van der Waals surface area contributed by atoms with E-state index in [-0.39, 0.29) is 5.91 Å². The van der Waals surface area contributed by atoms with Crippen molar-refractivity contribution in [2.24, 2.45) is 0 Å². The molecule has 0 aliphatic heterocycles. The monoisotopic (exact) mass is 321 g/mol. The highest BCUT2D eigenvalue weighted by molar-refractivity contribution is 7.97. The maximum absolute atomic E-state index is 12.2. The summed E-state index contributed by atoms with van der Waals surface area (Å²) in [6, 6.07) is 12.7. The van der Waals surface area contributed by atoms with Gasteiger partial charge in [0.05, 0.1) is 17.8 Å². The van der Waals surface area contributed by atoms with Crippen molar-refractivity contribution in [2.45, 2.75) is 5.75 Å². The Morgan fingerprint density at radius 1 is 1.24 bits per heavy atom. The van der Waals surface area contributed by atoms with Crippen LogP contribution in [0.2, 0.25) is 5.02 Å². The highest BCUT2D eigenvalue weighted by Crippen LogP contribution is 2.27. The van der Waals surface area contributed by atoms with Gasteiger partial charge in [0.15, 0.2) is 0 Å². The minimum Gasteiger partial charge on any atom is -0.497 e. The number of amides is 1. The molecule has 110 valence electrons. The molecule has 0 bridgehead atoms. The summed E-state index contributed by atoms with van der Waals surface area (Å²) in [7, 11) is 1.57. The zero-order valence-corrected chi connectivity index (χ0v) is 13.4. The van der Waals surface area contributed by atoms with Gasteiger partial charge in [0, 0.05) is 17.4 Å². The van der Waals surface area contributed by atoms with Gasteiger partial charge in [0.2, 0.25) is 0 Å². The minimum atomic E-state index is -0.183. The smallest absolute Gasteiger partial charge is 0.255 e. The van der Waals surface area contributed by atoms with Crippen LogP contribution in [0.3, 0.4) is 0 Å². The number of halogens is 1. The van der Waals surface area contributed by atoms with Crippen molar-refractivity contribution in [2.75, 3.05) is 18.7 Å². The first kappa shape index (κ1) is 15.7. The lowest BCUT2D eigenvalue weighted by atomic mass is 10.1. The number of anilines is 1. The maximum Gasteiger partial charge on any atom is 0.255 e. The maximum atomic E-state index is 12.2. The van der Waals surface area contributed by atoms with E-state index in [9.17, 15) is 4.79 Å². The summed E-state index contributed by atoms with van der Waals surface area (Å²) in [4.78, 5) is 12.2. The van der Waals surface area contributed by atoms with Crippen molar-refractivity contribution in [1.82, 2.24) is 0 Å². The molecule has 0 radical (unpaired) electrons. The van der Waals surface area contributed by atoms with Crippen molar-refractivity contribution in [1.29, 1.82) is 0 Å². The molecular formula is C16H16ClNO2S. The van der Waals surface area contributed by atoms with Crippen LogP contribution in [0.15, 0.2) is 42.5 Å². The Kier molecular flexibility index (Phi) is 5.53. The number of thioether (sulfide) groups is 1. The second-order valence-corrected chi connectivity index (χ2v) is 5.70. The Morgan fingerprint density at radius 2 is 1.95 bits per heavy atom. The molecule has 2 aromatic carbocycles. The topological polar surface area (TPSA) is 38.3 Å². The zero-order valence-electron chi connectivity index (χ0n) is 11.9. The molecule has 0 saturated carbocycles. The fourth-order valence-corrected chi connectivity index (χ4v) is 2.58. The fourth-order valence-electron chi connectivity index (χ4n) is 1.84. The number of carbonyl (C=O) groups excluding carboxylic acids is 1. The van der Waals surface area contributed by atoms with Crippen molar-refractivity contribution in [3.8, 4) is 5.75 Å². The highest BCUT2D eigenvalue weighted by Gasteiger charge is 2.09. The van der Waals surface area contributed by atoms with Gasteiger partial charge in [-0.05, 0) is 36.1 Å². The Morgan fingerprint density at radius 3 is 2.52 bits per heavy atom. The van der Waals surface area contributed by atoms with Crippen LogP contribution in [-0.4, -0.2) is 19.3 Å². The van der Waals surface area contributed by atoms with E-state index in [2.05, 4.69) is 5.32 Å². The lowest BCUT2D eigenvalue weighted by Crippen LogP contribution is -2.12. The third-order valence-corrected chi connectivity index (χ3v) is 3.89. The molecule has 0 aliphatic carbocycles. The standard InChI is InChI=1S/C16H16ClNO2S/c1-20-13-7-8-15(14(17)9-13)18-16(19)12-5-3-11(4-6-12)10-21-2/h3-9H,10H2,1-2H3,(H,18,19). The van der Waals surface area contributed by atoms with E-state index >= 15 is 0 Å². The molecule has 5 heteroatoms. The molecule has 0 heterocycles. The molecule has 2 aromatic rings. The molecule has 0 saturated heterocycles. The number of benzene rings is 2. The van der Waals surface area contributed by atoms with E-state index in [1.165, 1.54) is 5.56 Å². The molecule has 2 rings (SSSR count). The molecule has 3 nitrogen and oxygen atoms in total. The number of ether oxygens (including phenoxy) is 1. The van der Waals surface area contributed by atoms with Crippen LogP contribution in [0.25, 0.3) is 0 Å². The normalized spacial score (nSPS) is 10.2. The zero-order chi connectivity index (χ0) is 15.2. The summed E-state index contributed by atoms with van der Waals surface area (Å²) in [5.41, 5.74) is 2.36. The van der Waals surface area contributed by atoms with Crippen LogP contribution in [-0.2, 0) is 5.75 Å². The number of hydrogen-bond donors (Lipinski definition) is 1. The largest absolute Gasteiger partial charge is 0.497 e. The molecule has 0 atom stereocenters. The third kappa shape index (κ3) is 4.16. The molecule has 21 heavy (non-hydrogen) atoms. The van der Waals surface area contributed by atoms with Gasteiger partial charge in [-0.3, -0.25) is 4.79 Å². The molecular weight excluding hydrogens is 306 g/mol. The Labute approximate surface area is 133 Å². The van der Waals surface area contributed by atoms with Crippen molar-refractivity contribution < 1.29 is 9.53 Å². The van der Waals surface area contributed by atoms with Gasteiger partial charge < -0.3 is 10.1 Å². The number of rotatable bonds is 5. The predicted molar refractivity (Wildman–Crippen MR) is 89.6 cm³/mol. The van der Waals surface area contributed by atoms with E-state index in [1.807, 2.05) is 30.5 Å². The van der Waals surface area contributed by atoms with Gasteiger partial charge in [-0.15, -0.1) is 0 Å². The lowest BCUT2D eigenvalue weighted by molar-refractivity contribution is 0.102. The van der Waals surface area contributed by atoms with Crippen LogP contribution in [0.4, 0.5) is 5.69 Å². The number of carbonyl (C=O) groups is 1. The number of methoxy groups -OCH3 is 1. The van der Waals surface area contributed by atoms with Gasteiger partial charge in [-0.2, -0.15) is 11.8 Å². The van der Waals surface area contributed by atoms with Crippen LogP contribution in [0, 0.1) is 0 Å². The number of hydrogen-bond acceptors (Lipinski definition) is 3. The molecule has 0 aromatic heterocycles. The van der Waals surface area contributed by atoms with Crippen LogP contribution >= 0.6 is 23.4 Å². The van der Waals surface area contributed by atoms with Gasteiger partial charge in [-0.1, -0.05) is 23.7 Å². The molecule has 0 aliphatic rings. The summed E-state index contributed by atoms with van der Waals surface area (Å²) in [6.07, 6.45) is 2.05. The van der Waals surface area contributed by atoms with Gasteiger partial charge in [0.25, 0.3) is 5.91 Å². The predicted octanol–water partition coefficient (Wildman–Crippen LogP) is 4.46. The highest BCUT2D eigenvalue weighted by atomic mass is 35.5. The van der Waals surface area contributed by atoms with E-state index < -0.39 is 0 Å². The average molecular weight is 322 g/mol. The average Bonchev–Trinajstić information content (AvgIpc) is 2.50. The second-order valence-electron chi connectivity index (χ2n) is 4.43. The van der Waals surface area contributed by atoms with E-state index in [1.54, 1.807) is 37.1 Å². The molecule has 0 unspecified atom stereocenters. The first-order chi connectivity index (χ1) is 10.1. The van der Waals surface area contributed by atoms with Crippen molar-refractivity contribution >= 4 is 35.0 Å². The summed E-state index contributed by atoms with van der Waals surface area (Å²) in [5, 5.41) is 3.24. The quantitative estimate of drug-likeness (QED) is 0.883. The molecule has 1 amide bonds. The van der Waals surface area contributed by atoms with Crippen molar-refractivity contribution in [3.63, 3.8) is 0 Å².